The van der Waals surface area contributed by atoms with Gasteiger partial charge in [-0.2, -0.15) is 0 Å². The van der Waals surface area contributed by atoms with Crippen LogP contribution in [0.3, 0.4) is 0 Å². The van der Waals surface area contributed by atoms with Gasteiger partial charge < -0.3 is 8.83 Å². The van der Waals surface area contributed by atoms with Crippen LogP contribution in [-0.4, -0.2) is 15.0 Å². The third kappa shape index (κ3) is 4.15. The second-order valence-electron chi connectivity index (χ2n) is 12.0. The highest BCUT2D eigenvalue weighted by atomic mass is 16.3. The topological polar surface area (TPSA) is 65.0 Å². The molecule has 0 unspecified atom stereocenters. The van der Waals surface area contributed by atoms with Crippen LogP contribution in [0.5, 0.6) is 0 Å². The Morgan fingerprint density at radius 2 is 0.917 bits per heavy atom. The summed E-state index contributed by atoms with van der Waals surface area (Å²) in [6, 6.07) is 51.6. The molecule has 0 fully saturated rings. The van der Waals surface area contributed by atoms with Crippen LogP contribution in [0, 0.1) is 0 Å². The highest BCUT2D eigenvalue weighted by Gasteiger charge is 2.21. The van der Waals surface area contributed by atoms with Gasteiger partial charge in [-0.1, -0.05) is 115 Å². The van der Waals surface area contributed by atoms with Crippen LogP contribution in [0.4, 0.5) is 0 Å². The van der Waals surface area contributed by atoms with E-state index < -0.39 is 0 Å². The maximum Gasteiger partial charge on any atom is 0.164 e. The largest absolute Gasteiger partial charge is 0.456 e. The van der Waals surface area contributed by atoms with E-state index >= 15 is 0 Å². The second kappa shape index (κ2) is 10.5. The van der Waals surface area contributed by atoms with Crippen LogP contribution in [0.1, 0.15) is 0 Å². The van der Waals surface area contributed by atoms with Crippen molar-refractivity contribution in [2.24, 2.45) is 0 Å². The molecule has 0 radical (unpaired) electrons. The zero-order valence-electron chi connectivity index (χ0n) is 25.6. The molecule has 0 N–H and O–H groups in total. The van der Waals surface area contributed by atoms with Gasteiger partial charge in [-0.15, -0.1) is 0 Å². The molecular formula is C43H25N3O2. The quantitative estimate of drug-likeness (QED) is 0.197. The summed E-state index contributed by atoms with van der Waals surface area (Å²) >= 11 is 0. The predicted octanol–water partition coefficient (Wildman–Crippen LogP) is 11.5. The Labute approximate surface area is 274 Å². The zero-order valence-corrected chi connectivity index (χ0v) is 25.6. The maximum atomic E-state index is 6.61. The third-order valence-electron chi connectivity index (χ3n) is 9.13. The van der Waals surface area contributed by atoms with Gasteiger partial charge in [-0.05, 0) is 52.9 Å². The standard InChI is InChI=1S/C43H25N3O2/c1-3-12-26(13-4-1)29-18-11-19-32-35(25-34-31-17-8-10-21-37(31)48-40(34)39(29)32)43-45-41(27-14-5-2-6-15-27)44-42(46-43)28-22-23-38-33(24-28)30-16-7-9-20-36(30)47-38/h1-25H. The van der Waals surface area contributed by atoms with Gasteiger partial charge in [0, 0.05) is 43.6 Å². The van der Waals surface area contributed by atoms with E-state index in [1.807, 2.05) is 78.9 Å². The molecular weight excluding hydrogens is 590 g/mol. The Balaban J connectivity index is 1.29. The number of rotatable bonds is 4. The molecule has 7 aromatic carbocycles. The smallest absolute Gasteiger partial charge is 0.164 e. The van der Waals surface area contributed by atoms with Crippen molar-refractivity contribution in [3.63, 3.8) is 0 Å². The summed E-state index contributed by atoms with van der Waals surface area (Å²) in [7, 11) is 0. The molecule has 10 rings (SSSR count). The number of aromatic nitrogens is 3. The summed E-state index contributed by atoms with van der Waals surface area (Å²) in [5, 5.41) is 6.19. The summed E-state index contributed by atoms with van der Waals surface area (Å²) in [6.45, 7) is 0. The van der Waals surface area contributed by atoms with Gasteiger partial charge in [0.1, 0.15) is 22.3 Å². The van der Waals surface area contributed by atoms with E-state index in [2.05, 4.69) is 72.8 Å². The number of nitrogens with zero attached hydrogens (tertiary/aromatic N) is 3. The predicted molar refractivity (Wildman–Crippen MR) is 194 cm³/mol. The molecule has 3 aromatic heterocycles. The van der Waals surface area contributed by atoms with Crippen molar-refractivity contribution in [3.05, 3.63) is 152 Å². The van der Waals surface area contributed by atoms with Gasteiger partial charge in [0.15, 0.2) is 17.5 Å². The van der Waals surface area contributed by atoms with E-state index in [4.69, 9.17) is 23.8 Å². The van der Waals surface area contributed by atoms with Crippen molar-refractivity contribution in [3.8, 4) is 45.3 Å². The molecule has 0 saturated heterocycles. The van der Waals surface area contributed by atoms with Gasteiger partial charge >= 0.3 is 0 Å². The summed E-state index contributed by atoms with van der Waals surface area (Å²) in [4.78, 5) is 15.4. The van der Waals surface area contributed by atoms with E-state index in [1.165, 1.54) is 0 Å². The Morgan fingerprint density at radius 3 is 1.69 bits per heavy atom. The number of hydrogen-bond acceptors (Lipinski definition) is 5. The minimum absolute atomic E-state index is 0.593. The van der Waals surface area contributed by atoms with Gasteiger partial charge in [-0.25, -0.2) is 15.0 Å². The van der Waals surface area contributed by atoms with Crippen LogP contribution >= 0.6 is 0 Å². The summed E-state index contributed by atoms with van der Waals surface area (Å²) in [5.74, 6) is 1.80. The van der Waals surface area contributed by atoms with Crippen LogP contribution in [0.25, 0.3) is 99.9 Å². The summed E-state index contributed by atoms with van der Waals surface area (Å²) in [5.41, 5.74) is 8.30. The van der Waals surface area contributed by atoms with E-state index in [9.17, 15) is 0 Å². The van der Waals surface area contributed by atoms with Crippen molar-refractivity contribution < 1.29 is 8.83 Å². The van der Waals surface area contributed by atoms with Crippen molar-refractivity contribution in [1.29, 1.82) is 0 Å². The highest BCUT2D eigenvalue weighted by Crippen LogP contribution is 2.43. The lowest BCUT2D eigenvalue weighted by molar-refractivity contribution is 0.669. The molecule has 224 valence electrons. The van der Waals surface area contributed by atoms with E-state index in [-0.39, 0.29) is 0 Å². The average Bonchev–Trinajstić information content (AvgIpc) is 3.73. The van der Waals surface area contributed by atoms with Gasteiger partial charge in [0.2, 0.25) is 0 Å². The first-order chi connectivity index (χ1) is 23.8. The Morgan fingerprint density at radius 1 is 0.333 bits per heavy atom. The molecule has 0 amide bonds. The van der Waals surface area contributed by atoms with Crippen LogP contribution < -0.4 is 0 Å². The van der Waals surface area contributed by atoms with Crippen molar-refractivity contribution in [1.82, 2.24) is 15.0 Å². The molecule has 0 aliphatic rings. The maximum absolute atomic E-state index is 6.61. The number of hydrogen-bond donors (Lipinski definition) is 0. The third-order valence-corrected chi connectivity index (χ3v) is 9.13. The van der Waals surface area contributed by atoms with Gasteiger partial charge in [0.25, 0.3) is 0 Å². The fraction of sp³-hybridized carbons (Fsp3) is 0. The molecule has 3 heterocycles. The molecule has 0 atom stereocenters. The molecule has 0 saturated carbocycles. The molecule has 5 heteroatoms. The molecule has 5 nitrogen and oxygen atoms in total. The van der Waals surface area contributed by atoms with E-state index in [1.54, 1.807) is 0 Å². The van der Waals surface area contributed by atoms with Gasteiger partial charge in [0.05, 0.1) is 0 Å². The Kier molecular flexibility index (Phi) is 5.81. The molecule has 0 spiro atoms. The molecule has 0 aliphatic heterocycles. The lowest BCUT2D eigenvalue weighted by Gasteiger charge is -2.13. The minimum atomic E-state index is 0.593. The number of furan rings is 2. The van der Waals surface area contributed by atoms with Crippen molar-refractivity contribution in [2.75, 3.05) is 0 Å². The van der Waals surface area contributed by atoms with Gasteiger partial charge in [-0.3, -0.25) is 0 Å². The van der Waals surface area contributed by atoms with Crippen LogP contribution in [0.2, 0.25) is 0 Å². The Bertz CT molecular complexity index is 2840. The van der Waals surface area contributed by atoms with Crippen molar-refractivity contribution in [2.45, 2.75) is 0 Å². The molecule has 0 bridgehead atoms. The first kappa shape index (κ1) is 26.6. The summed E-state index contributed by atoms with van der Waals surface area (Å²) in [6.07, 6.45) is 0. The van der Waals surface area contributed by atoms with Crippen LogP contribution in [0.15, 0.2) is 160 Å². The number of fused-ring (bicyclic) bond motifs is 8. The second-order valence-corrected chi connectivity index (χ2v) is 12.0. The monoisotopic (exact) mass is 615 g/mol. The van der Waals surface area contributed by atoms with E-state index in [0.717, 1.165) is 82.5 Å². The fourth-order valence-electron chi connectivity index (χ4n) is 6.89. The lowest BCUT2D eigenvalue weighted by Crippen LogP contribution is -2.01. The zero-order chi connectivity index (χ0) is 31.6. The van der Waals surface area contributed by atoms with Crippen LogP contribution in [-0.2, 0) is 0 Å². The van der Waals surface area contributed by atoms with Crippen molar-refractivity contribution >= 4 is 54.6 Å². The molecule has 48 heavy (non-hydrogen) atoms. The fourth-order valence-corrected chi connectivity index (χ4v) is 6.89. The first-order valence-electron chi connectivity index (χ1n) is 15.9. The lowest BCUT2D eigenvalue weighted by atomic mass is 9.93. The first-order valence-corrected chi connectivity index (χ1v) is 15.9. The number of para-hydroxylation sites is 2. The highest BCUT2D eigenvalue weighted by molar-refractivity contribution is 6.22. The summed E-state index contributed by atoms with van der Waals surface area (Å²) < 4.78 is 12.7. The average molecular weight is 616 g/mol. The normalized spacial score (nSPS) is 11.8. The SMILES string of the molecule is c1ccc(-c2nc(-c3ccc4oc5ccccc5c4c3)nc(-c3cc4c5ccccc5oc4c4c(-c5ccccc5)cccc34)n2)cc1. The molecule has 0 aliphatic carbocycles. The number of benzene rings is 7. The minimum Gasteiger partial charge on any atom is -0.456 e. The van der Waals surface area contributed by atoms with E-state index in [0.29, 0.717) is 17.5 Å². The Hall–Kier alpha value is -6.59. The molecule has 10 aromatic rings.